The second-order valence-corrected chi connectivity index (χ2v) is 6.00. The van der Waals surface area contributed by atoms with Crippen LogP contribution in [0, 0.1) is 5.92 Å². The third kappa shape index (κ3) is 6.12. The van der Waals surface area contributed by atoms with Crippen molar-refractivity contribution in [3.63, 3.8) is 0 Å². The minimum atomic E-state index is 0.650. The summed E-state index contributed by atoms with van der Waals surface area (Å²) in [4.78, 5) is 2.27. The number of anilines is 1. The molecular weight excluding hydrogens is 272 g/mol. The summed E-state index contributed by atoms with van der Waals surface area (Å²) in [7, 11) is 3.86. The van der Waals surface area contributed by atoms with Crippen LogP contribution in [0.4, 0.5) is 5.69 Å². The Labute approximate surface area is 128 Å². The first kappa shape index (κ1) is 17.3. The lowest BCUT2D eigenvalue weighted by Gasteiger charge is -2.23. The number of ether oxygens (including phenoxy) is 1. The van der Waals surface area contributed by atoms with Gasteiger partial charge in [0.05, 0.1) is 0 Å². The third-order valence-electron chi connectivity index (χ3n) is 3.16. The van der Waals surface area contributed by atoms with Gasteiger partial charge in [-0.2, -0.15) is 0 Å². The summed E-state index contributed by atoms with van der Waals surface area (Å²) < 4.78 is 5.11. The molecule has 0 saturated carbocycles. The summed E-state index contributed by atoms with van der Waals surface area (Å²) in [6.07, 6.45) is 1.02. The van der Waals surface area contributed by atoms with Crippen LogP contribution >= 0.6 is 11.6 Å². The first-order valence-corrected chi connectivity index (χ1v) is 7.61. The molecule has 0 aromatic heterocycles. The van der Waals surface area contributed by atoms with Gasteiger partial charge in [0.25, 0.3) is 0 Å². The van der Waals surface area contributed by atoms with E-state index in [4.69, 9.17) is 16.3 Å². The van der Waals surface area contributed by atoms with Gasteiger partial charge in [0.2, 0.25) is 0 Å². The Morgan fingerprint density at radius 3 is 2.75 bits per heavy atom. The Bertz CT molecular complexity index is 396. The normalized spacial score (nSPS) is 11.1. The molecule has 0 amide bonds. The number of hydrogen-bond acceptors (Lipinski definition) is 3. The molecule has 0 atom stereocenters. The van der Waals surface area contributed by atoms with Crippen molar-refractivity contribution in [1.82, 2.24) is 5.32 Å². The zero-order valence-electron chi connectivity index (χ0n) is 13.1. The van der Waals surface area contributed by atoms with Crippen molar-refractivity contribution < 1.29 is 4.74 Å². The molecule has 20 heavy (non-hydrogen) atoms. The molecule has 0 bridgehead atoms. The second kappa shape index (κ2) is 9.22. The average molecular weight is 299 g/mol. The highest BCUT2D eigenvalue weighted by atomic mass is 35.5. The Balaban J connectivity index is 2.68. The first-order valence-electron chi connectivity index (χ1n) is 7.23. The summed E-state index contributed by atoms with van der Waals surface area (Å²) in [5, 5.41) is 4.27. The standard InChI is InChI=1S/C16H27ClN2O/c1-13(2)11-18-12-14-10-15(17)6-7-16(14)19(3)8-5-9-20-4/h6-7,10,13,18H,5,8-9,11-12H2,1-4H3. The van der Waals surface area contributed by atoms with Crippen LogP contribution in [-0.4, -0.2) is 33.9 Å². The average Bonchev–Trinajstić information content (AvgIpc) is 2.38. The Morgan fingerprint density at radius 1 is 1.35 bits per heavy atom. The van der Waals surface area contributed by atoms with E-state index in [1.54, 1.807) is 7.11 Å². The fourth-order valence-electron chi connectivity index (χ4n) is 2.13. The number of rotatable bonds is 9. The van der Waals surface area contributed by atoms with Crippen molar-refractivity contribution in [2.75, 3.05) is 38.8 Å². The van der Waals surface area contributed by atoms with E-state index in [1.165, 1.54) is 11.3 Å². The van der Waals surface area contributed by atoms with Crippen molar-refractivity contribution in [1.29, 1.82) is 0 Å². The van der Waals surface area contributed by atoms with E-state index >= 15 is 0 Å². The molecule has 1 aromatic rings. The van der Waals surface area contributed by atoms with Gasteiger partial charge in [-0.3, -0.25) is 0 Å². The van der Waals surface area contributed by atoms with Gasteiger partial charge in [-0.1, -0.05) is 25.4 Å². The van der Waals surface area contributed by atoms with Crippen LogP contribution in [0.15, 0.2) is 18.2 Å². The van der Waals surface area contributed by atoms with Gasteiger partial charge in [0, 0.05) is 44.6 Å². The van der Waals surface area contributed by atoms with E-state index in [9.17, 15) is 0 Å². The van der Waals surface area contributed by atoms with Crippen molar-refractivity contribution in [3.8, 4) is 0 Å². The molecule has 1 aromatic carbocycles. The molecule has 1 N–H and O–H groups in total. The summed E-state index contributed by atoms with van der Waals surface area (Å²) in [5.41, 5.74) is 2.49. The summed E-state index contributed by atoms with van der Waals surface area (Å²) in [6, 6.07) is 6.11. The number of hydrogen-bond donors (Lipinski definition) is 1. The predicted octanol–water partition coefficient (Wildman–Crippen LogP) is 3.56. The van der Waals surface area contributed by atoms with Gasteiger partial charge in [-0.25, -0.2) is 0 Å². The topological polar surface area (TPSA) is 24.5 Å². The molecule has 0 aliphatic carbocycles. The minimum absolute atomic E-state index is 0.650. The molecular formula is C16H27ClN2O. The Morgan fingerprint density at radius 2 is 2.10 bits per heavy atom. The Hall–Kier alpha value is -0.770. The molecule has 4 heteroatoms. The summed E-state index contributed by atoms with van der Waals surface area (Å²) in [5.74, 6) is 0.650. The number of halogens is 1. The number of benzene rings is 1. The van der Waals surface area contributed by atoms with Gasteiger partial charge in [0.1, 0.15) is 0 Å². The molecule has 0 heterocycles. The van der Waals surface area contributed by atoms with Gasteiger partial charge in [-0.05, 0) is 42.6 Å². The highest BCUT2D eigenvalue weighted by molar-refractivity contribution is 6.30. The lowest BCUT2D eigenvalue weighted by Crippen LogP contribution is -2.24. The largest absolute Gasteiger partial charge is 0.385 e. The number of nitrogens with one attached hydrogen (secondary N) is 1. The molecule has 0 fully saturated rings. The molecule has 0 radical (unpaired) electrons. The first-order chi connectivity index (χ1) is 9.54. The number of methoxy groups -OCH3 is 1. The van der Waals surface area contributed by atoms with Crippen molar-refractivity contribution in [2.45, 2.75) is 26.8 Å². The fraction of sp³-hybridized carbons (Fsp3) is 0.625. The zero-order valence-corrected chi connectivity index (χ0v) is 13.8. The van der Waals surface area contributed by atoms with Crippen LogP contribution in [0.3, 0.4) is 0 Å². The van der Waals surface area contributed by atoms with Crippen LogP contribution in [-0.2, 0) is 11.3 Å². The van der Waals surface area contributed by atoms with Crippen molar-refractivity contribution in [2.24, 2.45) is 5.92 Å². The van der Waals surface area contributed by atoms with Gasteiger partial charge in [0.15, 0.2) is 0 Å². The zero-order chi connectivity index (χ0) is 15.0. The molecule has 3 nitrogen and oxygen atoms in total. The Kier molecular flexibility index (Phi) is 7.97. The third-order valence-corrected chi connectivity index (χ3v) is 3.40. The molecule has 0 unspecified atom stereocenters. The van der Waals surface area contributed by atoms with Gasteiger partial charge >= 0.3 is 0 Å². The van der Waals surface area contributed by atoms with E-state index in [1.807, 2.05) is 6.07 Å². The SMILES string of the molecule is COCCCN(C)c1ccc(Cl)cc1CNCC(C)C. The van der Waals surface area contributed by atoms with Crippen LogP contribution in [0.2, 0.25) is 5.02 Å². The quantitative estimate of drug-likeness (QED) is 0.706. The highest BCUT2D eigenvalue weighted by Gasteiger charge is 2.08. The maximum atomic E-state index is 6.12. The van der Waals surface area contributed by atoms with E-state index in [2.05, 4.69) is 43.2 Å². The maximum absolute atomic E-state index is 6.12. The maximum Gasteiger partial charge on any atom is 0.0479 e. The molecule has 1 rings (SSSR count). The van der Waals surface area contributed by atoms with Crippen molar-refractivity contribution >= 4 is 17.3 Å². The van der Waals surface area contributed by atoms with E-state index in [0.29, 0.717) is 5.92 Å². The minimum Gasteiger partial charge on any atom is -0.385 e. The van der Waals surface area contributed by atoms with Crippen LogP contribution in [0.25, 0.3) is 0 Å². The van der Waals surface area contributed by atoms with E-state index in [0.717, 1.165) is 37.7 Å². The molecule has 0 aliphatic rings. The van der Waals surface area contributed by atoms with E-state index in [-0.39, 0.29) is 0 Å². The molecule has 0 spiro atoms. The molecule has 0 aliphatic heterocycles. The lowest BCUT2D eigenvalue weighted by molar-refractivity contribution is 0.196. The molecule has 114 valence electrons. The summed E-state index contributed by atoms with van der Waals surface area (Å²) in [6.45, 7) is 8.05. The molecule has 0 saturated heterocycles. The monoisotopic (exact) mass is 298 g/mol. The van der Waals surface area contributed by atoms with E-state index < -0.39 is 0 Å². The van der Waals surface area contributed by atoms with Crippen LogP contribution in [0.5, 0.6) is 0 Å². The lowest BCUT2D eigenvalue weighted by atomic mass is 10.1. The van der Waals surface area contributed by atoms with Crippen LogP contribution in [0.1, 0.15) is 25.8 Å². The van der Waals surface area contributed by atoms with Crippen LogP contribution < -0.4 is 10.2 Å². The highest BCUT2D eigenvalue weighted by Crippen LogP contribution is 2.23. The predicted molar refractivity (Wildman–Crippen MR) is 87.8 cm³/mol. The second-order valence-electron chi connectivity index (χ2n) is 5.57. The van der Waals surface area contributed by atoms with Gasteiger partial charge < -0.3 is 15.0 Å². The fourth-order valence-corrected chi connectivity index (χ4v) is 2.32. The smallest absolute Gasteiger partial charge is 0.0479 e. The number of nitrogens with zero attached hydrogens (tertiary/aromatic N) is 1. The summed E-state index contributed by atoms with van der Waals surface area (Å²) >= 11 is 6.12. The van der Waals surface area contributed by atoms with Gasteiger partial charge in [-0.15, -0.1) is 0 Å². The van der Waals surface area contributed by atoms with Crippen molar-refractivity contribution in [3.05, 3.63) is 28.8 Å².